The van der Waals surface area contributed by atoms with Crippen LogP contribution in [0, 0.1) is 11.3 Å². The zero-order chi connectivity index (χ0) is 14.1. The summed E-state index contributed by atoms with van der Waals surface area (Å²) in [6.45, 7) is 0.214. The van der Waals surface area contributed by atoms with Gasteiger partial charge in [-0.15, -0.1) is 0 Å². The van der Waals surface area contributed by atoms with Crippen LogP contribution in [-0.4, -0.2) is 12.5 Å². The Bertz CT molecular complexity index is 733. The normalized spacial score (nSPS) is 13.3. The van der Waals surface area contributed by atoms with Crippen molar-refractivity contribution in [1.82, 2.24) is 0 Å². The smallest absolute Gasteiger partial charge is 0.244 e. The van der Waals surface area contributed by atoms with Gasteiger partial charge in [0.05, 0.1) is 16.9 Å². The average Bonchev–Trinajstić information content (AvgIpc) is 2.47. The minimum Gasteiger partial charge on any atom is -0.398 e. The number of benzene rings is 2. The van der Waals surface area contributed by atoms with Crippen LogP contribution in [0.15, 0.2) is 42.5 Å². The molecule has 0 bridgehead atoms. The molecule has 0 spiro atoms. The van der Waals surface area contributed by atoms with E-state index in [2.05, 4.69) is 11.4 Å². The molecule has 1 amide bonds. The molecule has 0 unspecified atom stereocenters. The molecule has 2 aromatic carbocycles. The van der Waals surface area contributed by atoms with E-state index in [0.29, 0.717) is 11.3 Å². The monoisotopic (exact) mass is 264 g/mol. The summed E-state index contributed by atoms with van der Waals surface area (Å²) in [7, 11) is 0. The molecule has 20 heavy (non-hydrogen) atoms. The summed E-state index contributed by atoms with van der Waals surface area (Å²) in [5.74, 6) is -0.0842. The first-order valence-corrected chi connectivity index (χ1v) is 6.15. The second kappa shape index (κ2) is 4.59. The van der Waals surface area contributed by atoms with E-state index in [-0.39, 0.29) is 12.5 Å². The van der Waals surface area contributed by atoms with Crippen LogP contribution in [-0.2, 0) is 4.79 Å². The van der Waals surface area contributed by atoms with Crippen LogP contribution in [0.2, 0.25) is 0 Å². The summed E-state index contributed by atoms with van der Waals surface area (Å²) in [6.07, 6.45) is 0. The van der Waals surface area contributed by atoms with E-state index >= 15 is 0 Å². The van der Waals surface area contributed by atoms with Gasteiger partial charge >= 0.3 is 0 Å². The maximum absolute atomic E-state index is 11.8. The predicted molar refractivity (Wildman–Crippen MR) is 77.6 cm³/mol. The fourth-order valence-corrected chi connectivity index (χ4v) is 2.27. The number of carbonyl (C=O) groups is 1. The number of nitrogens with zero attached hydrogens (tertiary/aromatic N) is 2. The van der Waals surface area contributed by atoms with Gasteiger partial charge in [0.25, 0.3) is 0 Å². The molecule has 3 N–H and O–H groups in total. The van der Waals surface area contributed by atoms with Crippen molar-refractivity contribution < 1.29 is 4.79 Å². The SMILES string of the molecule is N#Cc1cc(N2CC(=O)Nc3ccccc32)ccc1N. The molecular weight excluding hydrogens is 252 g/mol. The van der Waals surface area contributed by atoms with Crippen LogP contribution in [0.1, 0.15) is 5.56 Å². The molecule has 0 atom stereocenters. The van der Waals surface area contributed by atoms with Gasteiger partial charge in [-0.05, 0) is 30.3 Å². The quantitative estimate of drug-likeness (QED) is 0.774. The van der Waals surface area contributed by atoms with Crippen molar-refractivity contribution in [3.63, 3.8) is 0 Å². The topological polar surface area (TPSA) is 82.2 Å². The number of nitrogens with one attached hydrogen (secondary N) is 1. The van der Waals surface area contributed by atoms with E-state index in [4.69, 9.17) is 11.0 Å². The van der Waals surface area contributed by atoms with E-state index in [0.717, 1.165) is 17.1 Å². The molecule has 0 fully saturated rings. The first-order valence-electron chi connectivity index (χ1n) is 6.15. The number of nitriles is 1. The Morgan fingerprint density at radius 1 is 1.25 bits per heavy atom. The molecule has 1 aliphatic rings. The largest absolute Gasteiger partial charge is 0.398 e. The van der Waals surface area contributed by atoms with Crippen LogP contribution in [0.25, 0.3) is 0 Å². The molecule has 0 aliphatic carbocycles. The van der Waals surface area contributed by atoms with E-state index in [9.17, 15) is 4.79 Å². The highest BCUT2D eigenvalue weighted by molar-refractivity contribution is 6.03. The number of amides is 1. The highest BCUT2D eigenvalue weighted by Gasteiger charge is 2.23. The Morgan fingerprint density at radius 2 is 2.05 bits per heavy atom. The number of para-hydroxylation sites is 2. The third-order valence-corrected chi connectivity index (χ3v) is 3.24. The molecule has 2 aromatic rings. The van der Waals surface area contributed by atoms with Crippen LogP contribution >= 0.6 is 0 Å². The first-order chi connectivity index (χ1) is 9.69. The molecule has 3 rings (SSSR count). The molecule has 0 radical (unpaired) electrons. The number of nitrogens with two attached hydrogens (primary N) is 1. The average molecular weight is 264 g/mol. The van der Waals surface area contributed by atoms with Crippen molar-refractivity contribution in [2.24, 2.45) is 0 Å². The van der Waals surface area contributed by atoms with E-state index in [1.807, 2.05) is 35.2 Å². The van der Waals surface area contributed by atoms with Crippen molar-refractivity contribution in [3.05, 3.63) is 48.0 Å². The Morgan fingerprint density at radius 3 is 2.85 bits per heavy atom. The lowest BCUT2D eigenvalue weighted by Gasteiger charge is -2.31. The lowest BCUT2D eigenvalue weighted by atomic mass is 10.1. The van der Waals surface area contributed by atoms with Gasteiger partial charge in [0.1, 0.15) is 12.6 Å². The summed E-state index contributed by atoms with van der Waals surface area (Å²) in [5.41, 5.74) is 9.02. The number of fused-ring (bicyclic) bond motifs is 1. The molecule has 5 nitrogen and oxygen atoms in total. The zero-order valence-electron chi connectivity index (χ0n) is 10.6. The van der Waals surface area contributed by atoms with Gasteiger partial charge in [0.2, 0.25) is 5.91 Å². The number of nitrogen functional groups attached to an aromatic ring is 1. The first kappa shape index (κ1) is 12.1. The van der Waals surface area contributed by atoms with Crippen molar-refractivity contribution in [2.45, 2.75) is 0 Å². The molecule has 0 aromatic heterocycles. The summed E-state index contributed by atoms with van der Waals surface area (Å²) in [6, 6.07) is 14.8. The molecule has 0 saturated heterocycles. The fraction of sp³-hybridized carbons (Fsp3) is 0.0667. The number of carbonyl (C=O) groups excluding carboxylic acids is 1. The Balaban J connectivity index is 2.11. The molecule has 1 aliphatic heterocycles. The lowest BCUT2D eigenvalue weighted by Crippen LogP contribution is -2.35. The molecule has 0 saturated carbocycles. The Labute approximate surface area is 116 Å². The minimum absolute atomic E-state index is 0.0842. The molecule has 1 heterocycles. The maximum Gasteiger partial charge on any atom is 0.244 e. The standard InChI is InChI=1S/C15H12N4O/c16-8-10-7-11(5-6-12(10)17)19-9-15(20)18-13-3-1-2-4-14(13)19/h1-7H,9,17H2,(H,18,20). The lowest BCUT2D eigenvalue weighted by molar-refractivity contribution is -0.115. The number of rotatable bonds is 1. The number of hydrogen-bond acceptors (Lipinski definition) is 4. The second-order valence-corrected chi connectivity index (χ2v) is 4.53. The van der Waals surface area contributed by atoms with E-state index < -0.39 is 0 Å². The highest BCUT2D eigenvalue weighted by Crippen LogP contribution is 2.35. The Hall–Kier alpha value is -3.00. The van der Waals surface area contributed by atoms with Crippen LogP contribution < -0.4 is 16.0 Å². The minimum atomic E-state index is -0.0842. The van der Waals surface area contributed by atoms with Gasteiger partial charge < -0.3 is 16.0 Å². The van der Waals surface area contributed by atoms with Crippen LogP contribution in [0.3, 0.4) is 0 Å². The van der Waals surface area contributed by atoms with Crippen LogP contribution in [0.4, 0.5) is 22.7 Å². The van der Waals surface area contributed by atoms with E-state index in [1.54, 1.807) is 12.1 Å². The van der Waals surface area contributed by atoms with Crippen molar-refractivity contribution in [3.8, 4) is 6.07 Å². The number of hydrogen-bond donors (Lipinski definition) is 2. The molecule has 5 heteroatoms. The summed E-state index contributed by atoms with van der Waals surface area (Å²) in [5, 5.41) is 11.9. The highest BCUT2D eigenvalue weighted by atomic mass is 16.2. The second-order valence-electron chi connectivity index (χ2n) is 4.53. The summed E-state index contributed by atoms with van der Waals surface area (Å²) in [4.78, 5) is 13.7. The maximum atomic E-state index is 11.8. The summed E-state index contributed by atoms with van der Waals surface area (Å²) >= 11 is 0. The number of anilines is 4. The predicted octanol–water partition coefficient (Wildman–Crippen LogP) is 2.23. The molecule has 98 valence electrons. The van der Waals surface area contributed by atoms with Gasteiger partial charge in [-0.2, -0.15) is 5.26 Å². The van der Waals surface area contributed by atoms with Crippen molar-refractivity contribution in [1.29, 1.82) is 5.26 Å². The van der Waals surface area contributed by atoms with Gasteiger partial charge in [-0.3, -0.25) is 4.79 Å². The van der Waals surface area contributed by atoms with Gasteiger partial charge in [0.15, 0.2) is 0 Å². The fourth-order valence-electron chi connectivity index (χ4n) is 2.27. The van der Waals surface area contributed by atoms with Gasteiger partial charge in [-0.1, -0.05) is 12.1 Å². The van der Waals surface area contributed by atoms with Crippen LogP contribution in [0.5, 0.6) is 0 Å². The third-order valence-electron chi connectivity index (χ3n) is 3.24. The van der Waals surface area contributed by atoms with Gasteiger partial charge in [-0.25, -0.2) is 0 Å². The summed E-state index contributed by atoms with van der Waals surface area (Å²) < 4.78 is 0. The Kier molecular flexibility index (Phi) is 2.77. The van der Waals surface area contributed by atoms with E-state index in [1.165, 1.54) is 0 Å². The third kappa shape index (κ3) is 1.93. The zero-order valence-corrected chi connectivity index (χ0v) is 10.6. The van der Waals surface area contributed by atoms with Gasteiger partial charge in [0, 0.05) is 11.4 Å². The van der Waals surface area contributed by atoms with Crippen molar-refractivity contribution in [2.75, 3.05) is 22.5 Å². The van der Waals surface area contributed by atoms with Crippen molar-refractivity contribution >= 4 is 28.7 Å². The molecular formula is C15H12N4O.